The van der Waals surface area contributed by atoms with Gasteiger partial charge in [0.2, 0.25) is 0 Å². The van der Waals surface area contributed by atoms with Gasteiger partial charge in [0.1, 0.15) is 23.5 Å². The van der Waals surface area contributed by atoms with Crippen LogP contribution in [0.2, 0.25) is 0 Å². The van der Waals surface area contributed by atoms with Gasteiger partial charge in [-0.15, -0.1) is 0 Å². The quantitative estimate of drug-likeness (QED) is 0.706. The van der Waals surface area contributed by atoms with E-state index in [1.54, 1.807) is 19.1 Å². The number of aryl methyl sites for hydroxylation is 3. The standard InChI is InChI=1S/C12H12O3/c1-7-4-10(6-14-7)12(13)11-5-8(2)15-9(11)3/h4-6H,1-3H3. The second-order valence-electron chi connectivity index (χ2n) is 3.60. The number of hydrogen-bond acceptors (Lipinski definition) is 3. The Kier molecular flexibility index (Phi) is 2.23. The van der Waals surface area contributed by atoms with Gasteiger partial charge in [-0.25, -0.2) is 0 Å². The molecule has 78 valence electrons. The van der Waals surface area contributed by atoms with Crippen molar-refractivity contribution in [2.75, 3.05) is 0 Å². The Hall–Kier alpha value is -1.77. The summed E-state index contributed by atoms with van der Waals surface area (Å²) in [4.78, 5) is 12.0. The topological polar surface area (TPSA) is 43.4 Å². The molecule has 0 bridgehead atoms. The Labute approximate surface area is 87.7 Å². The summed E-state index contributed by atoms with van der Waals surface area (Å²) in [5.74, 6) is 2.07. The lowest BCUT2D eigenvalue weighted by Crippen LogP contribution is -1.99. The predicted molar refractivity (Wildman–Crippen MR) is 55.1 cm³/mol. The first-order valence-corrected chi connectivity index (χ1v) is 4.75. The number of furan rings is 2. The minimum absolute atomic E-state index is 0.0544. The SMILES string of the molecule is Cc1cc(C(=O)c2cc(C)oc2C)co1. The first-order chi connectivity index (χ1) is 7.08. The molecule has 0 aliphatic carbocycles. The monoisotopic (exact) mass is 204 g/mol. The van der Waals surface area contributed by atoms with Crippen LogP contribution in [0.25, 0.3) is 0 Å². The maximum Gasteiger partial charge on any atom is 0.199 e. The van der Waals surface area contributed by atoms with Gasteiger partial charge in [0, 0.05) is 0 Å². The molecule has 0 amide bonds. The van der Waals surface area contributed by atoms with Gasteiger partial charge in [-0.3, -0.25) is 4.79 Å². The first-order valence-electron chi connectivity index (χ1n) is 4.75. The van der Waals surface area contributed by atoms with E-state index in [9.17, 15) is 4.79 Å². The zero-order valence-corrected chi connectivity index (χ0v) is 8.96. The fourth-order valence-corrected chi connectivity index (χ4v) is 1.57. The van der Waals surface area contributed by atoms with Crippen molar-refractivity contribution in [1.29, 1.82) is 0 Å². The molecule has 2 aromatic heterocycles. The largest absolute Gasteiger partial charge is 0.469 e. The van der Waals surface area contributed by atoms with E-state index < -0.39 is 0 Å². The summed E-state index contributed by atoms with van der Waals surface area (Å²) in [6.07, 6.45) is 1.47. The third-order valence-corrected chi connectivity index (χ3v) is 2.28. The fourth-order valence-electron chi connectivity index (χ4n) is 1.57. The summed E-state index contributed by atoms with van der Waals surface area (Å²) in [5, 5.41) is 0. The first kappa shape index (κ1) is 9.77. The minimum Gasteiger partial charge on any atom is -0.469 e. The molecular weight excluding hydrogens is 192 g/mol. The minimum atomic E-state index is -0.0544. The molecule has 0 aromatic carbocycles. The normalized spacial score (nSPS) is 10.6. The van der Waals surface area contributed by atoms with Gasteiger partial charge in [-0.05, 0) is 32.9 Å². The van der Waals surface area contributed by atoms with Gasteiger partial charge >= 0.3 is 0 Å². The molecule has 0 spiro atoms. The van der Waals surface area contributed by atoms with Crippen LogP contribution >= 0.6 is 0 Å². The van der Waals surface area contributed by atoms with E-state index in [0.29, 0.717) is 16.9 Å². The molecular formula is C12H12O3. The maximum atomic E-state index is 12.0. The Balaban J connectivity index is 2.40. The van der Waals surface area contributed by atoms with Gasteiger partial charge in [0.15, 0.2) is 5.78 Å². The molecule has 0 saturated carbocycles. The second-order valence-corrected chi connectivity index (χ2v) is 3.60. The van der Waals surface area contributed by atoms with Crippen molar-refractivity contribution < 1.29 is 13.6 Å². The molecule has 0 unspecified atom stereocenters. The van der Waals surface area contributed by atoms with Crippen LogP contribution in [0.4, 0.5) is 0 Å². The van der Waals surface area contributed by atoms with Gasteiger partial charge < -0.3 is 8.83 Å². The third-order valence-electron chi connectivity index (χ3n) is 2.28. The van der Waals surface area contributed by atoms with E-state index in [2.05, 4.69) is 0 Å². The van der Waals surface area contributed by atoms with Crippen molar-refractivity contribution in [2.45, 2.75) is 20.8 Å². The van der Waals surface area contributed by atoms with Crippen LogP contribution in [0.3, 0.4) is 0 Å². The highest BCUT2D eigenvalue weighted by Gasteiger charge is 2.16. The molecule has 2 aromatic rings. The lowest BCUT2D eigenvalue weighted by molar-refractivity contribution is 0.103. The number of carbonyl (C=O) groups is 1. The van der Waals surface area contributed by atoms with Crippen LogP contribution in [-0.2, 0) is 0 Å². The lowest BCUT2D eigenvalue weighted by atomic mass is 10.1. The summed E-state index contributed by atoms with van der Waals surface area (Å²) in [7, 11) is 0. The molecule has 0 radical (unpaired) electrons. The average molecular weight is 204 g/mol. The molecule has 0 fully saturated rings. The highest BCUT2D eigenvalue weighted by atomic mass is 16.3. The highest BCUT2D eigenvalue weighted by molar-refractivity contribution is 6.09. The summed E-state index contributed by atoms with van der Waals surface area (Å²) in [6, 6.07) is 3.48. The van der Waals surface area contributed by atoms with Crippen molar-refractivity contribution >= 4 is 5.78 Å². The number of ketones is 1. The molecule has 3 heteroatoms. The molecule has 0 aliphatic heterocycles. The van der Waals surface area contributed by atoms with Crippen molar-refractivity contribution in [2.24, 2.45) is 0 Å². The van der Waals surface area contributed by atoms with Gasteiger partial charge in [-0.2, -0.15) is 0 Å². The van der Waals surface area contributed by atoms with Gasteiger partial charge in [0.25, 0.3) is 0 Å². The fraction of sp³-hybridized carbons (Fsp3) is 0.250. The molecule has 2 rings (SSSR count). The van der Waals surface area contributed by atoms with E-state index in [-0.39, 0.29) is 5.78 Å². The van der Waals surface area contributed by atoms with E-state index in [1.165, 1.54) is 6.26 Å². The lowest BCUT2D eigenvalue weighted by Gasteiger charge is -1.93. The molecule has 0 saturated heterocycles. The van der Waals surface area contributed by atoms with E-state index in [0.717, 1.165) is 11.5 Å². The number of carbonyl (C=O) groups excluding carboxylic acids is 1. The second kappa shape index (κ2) is 3.42. The Morgan fingerprint density at radius 1 is 1.13 bits per heavy atom. The summed E-state index contributed by atoms with van der Waals surface area (Å²) in [6.45, 7) is 5.42. The van der Waals surface area contributed by atoms with Crippen molar-refractivity contribution in [3.63, 3.8) is 0 Å². The van der Waals surface area contributed by atoms with Gasteiger partial charge in [0.05, 0.1) is 11.1 Å². The van der Waals surface area contributed by atoms with Crippen LogP contribution in [0, 0.1) is 20.8 Å². The molecule has 0 atom stereocenters. The molecule has 15 heavy (non-hydrogen) atoms. The van der Waals surface area contributed by atoms with Crippen LogP contribution in [0.15, 0.2) is 27.2 Å². The zero-order valence-electron chi connectivity index (χ0n) is 8.96. The zero-order chi connectivity index (χ0) is 11.0. The Bertz CT molecular complexity index is 503. The van der Waals surface area contributed by atoms with Crippen LogP contribution in [-0.4, -0.2) is 5.78 Å². The molecule has 0 N–H and O–H groups in total. The van der Waals surface area contributed by atoms with E-state index in [1.807, 2.05) is 13.8 Å². The van der Waals surface area contributed by atoms with E-state index in [4.69, 9.17) is 8.83 Å². The summed E-state index contributed by atoms with van der Waals surface area (Å²) < 4.78 is 10.4. The third kappa shape index (κ3) is 1.73. The molecule has 2 heterocycles. The summed E-state index contributed by atoms with van der Waals surface area (Å²) in [5.41, 5.74) is 1.17. The molecule has 0 aliphatic rings. The Morgan fingerprint density at radius 3 is 2.33 bits per heavy atom. The predicted octanol–water partition coefficient (Wildman–Crippen LogP) is 3.03. The molecule has 3 nitrogen and oxygen atoms in total. The Morgan fingerprint density at radius 2 is 1.87 bits per heavy atom. The van der Waals surface area contributed by atoms with Gasteiger partial charge in [-0.1, -0.05) is 0 Å². The average Bonchev–Trinajstić information content (AvgIpc) is 2.71. The number of hydrogen-bond donors (Lipinski definition) is 0. The van der Waals surface area contributed by atoms with Crippen molar-refractivity contribution in [3.8, 4) is 0 Å². The summed E-state index contributed by atoms with van der Waals surface area (Å²) >= 11 is 0. The smallest absolute Gasteiger partial charge is 0.199 e. The number of rotatable bonds is 2. The highest BCUT2D eigenvalue weighted by Crippen LogP contribution is 2.19. The van der Waals surface area contributed by atoms with E-state index >= 15 is 0 Å². The maximum absolute atomic E-state index is 12.0. The van der Waals surface area contributed by atoms with Crippen LogP contribution in [0.1, 0.15) is 33.2 Å². The van der Waals surface area contributed by atoms with Crippen LogP contribution in [0.5, 0.6) is 0 Å². The van der Waals surface area contributed by atoms with Crippen molar-refractivity contribution in [1.82, 2.24) is 0 Å². The van der Waals surface area contributed by atoms with Crippen molar-refractivity contribution in [3.05, 3.63) is 46.8 Å². The van der Waals surface area contributed by atoms with Crippen LogP contribution < -0.4 is 0 Å².